The summed E-state index contributed by atoms with van der Waals surface area (Å²) < 4.78 is 19.1. The number of ether oxygens (including phenoxy) is 1. The van der Waals surface area contributed by atoms with E-state index in [0.717, 1.165) is 21.9 Å². The smallest absolute Gasteiger partial charge is 0.291 e. The molecule has 148 valence electrons. The van der Waals surface area contributed by atoms with E-state index < -0.39 is 5.91 Å². The van der Waals surface area contributed by atoms with Crippen LogP contribution in [0.1, 0.15) is 21.6 Å². The first-order valence-electron chi connectivity index (χ1n) is 9.19. The largest absolute Gasteiger partial charge is 0.488 e. The molecule has 0 radical (unpaired) electrons. The van der Waals surface area contributed by atoms with Crippen LogP contribution in [0.2, 0.25) is 0 Å². The van der Waals surface area contributed by atoms with Gasteiger partial charge in [-0.3, -0.25) is 9.78 Å². The molecular weight excluding hydrogens is 383 g/mol. The Morgan fingerprint density at radius 1 is 1.07 bits per heavy atom. The molecule has 0 atom stereocenters. The summed E-state index contributed by atoms with van der Waals surface area (Å²) in [7, 11) is 0. The minimum absolute atomic E-state index is 0.167. The molecule has 4 rings (SSSR count). The van der Waals surface area contributed by atoms with Crippen molar-refractivity contribution in [3.63, 3.8) is 0 Å². The molecule has 0 bridgehead atoms. The Kier molecular flexibility index (Phi) is 5.70. The van der Waals surface area contributed by atoms with E-state index in [2.05, 4.69) is 20.5 Å². The van der Waals surface area contributed by atoms with Gasteiger partial charge in [0.15, 0.2) is 0 Å². The zero-order valence-electron chi connectivity index (χ0n) is 15.8. The average Bonchev–Trinajstić information content (AvgIpc) is 2.80. The third-order valence-electron chi connectivity index (χ3n) is 4.39. The number of benzene rings is 3. The SMILES string of the molecule is O=C(NN=Cc1c(OCc2ccc(F)cc2)ccc2ccccc12)c1cnccn1. The summed E-state index contributed by atoms with van der Waals surface area (Å²) >= 11 is 0. The van der Waals surface area contributed by atoms with Crippen molar-refractivity contribution in [2.45, 2.75) is 6.61 Å². The van der Waals surface area contributed by atoms with Crippen LogP contribution in [0.25, 0.3) is 10.8 Å². The second-order valence-corrected chi connectivity index (χ2v) is 6.40. The maximum Gasteiger partial charge on any atom is 0.291 e. The monoisotopic (exact) mass is 400 g/mol. The van der Waals surface area contributed by atoms with Crippen molar-refractivity contribution in [1.29, 1.82) is 0 Å². The lowest BCUT2D eigenvalue weighted by Gasteiger charge is -2.12. The topological polar surface area (TPSA) is 76.5 Å². The van der Waals surface area contributed by atoms with Crippen LogP contribution >= 0.6 is 0 Å². The summed E-state index contributed by atoms with van der Waals surface area (Å²) in [4.78, 5) is 19.9. The molecule has 6 nitrogen and oxygen atoms in total. The van der Waals surface area contributed by atoms with Crippen molar-refractivity contribution in [3.8, 4) is 5.75 Å². The molecule has 4 aromatic rings. The van der Waals surface area contributed by atoms with Crippen LogP contribution < -0.4 is 10.2 Å². The van der Waals surface area contributed by atoms with Crippen molar-refractivity contribution in [3.05, 3.63) is 102 Å². The van der Waals surface area contributed by atoms with Gasteiger partial charge < -0.3 is 4.74 Å². The van der Waals surface area contributed by atoms with Gasteiger partial charge >= 0.3 is 0 Å². The summed E-state index contributed by atoms with van der Waals surface area (Å²) in [6, 6.07) is 17.7. The molecule has 0 saturated carbocycles. The molecule has 0 aliphatic heterocycles. The Morgan fingerprint density at radius 2 is 1.90 bits per heavy atom. The molecule has 30 heavy (non-hydrogen) atoms. The summed E-state index contributed by atoms with van der Waals surface area (Å²) in [6.07, 6.45) is 5.82. The van der Waals surface area contributed by atoms with E-state index in [9.17, 15) is 9.18 Å². The van der Waals surface area contributed by atoms with Crippen LogP contribution in [0.4, 0.5) is 4.39 Å². The standard InChI is InChI=1S/C23H17FN4O2/c24-18-8-5-16(6-9-18)15-30-22-10-7-17-3-1-2-4-19(17)20(22)13-27-28-23(29)21-14-25-11-12-26-21/h1-14H,15H2,(H,28,29). The number of hydrazone groups is 1. The summed E-state index contributed by atoms with van der Waals surface area (Å²) in [5.41, 5.74) is 4.17. The molecule has 1 aromatic heterocycles. The average molecular weight is 400 g/mol. The van der Waals surface area contributed by atoms with E-state index in [4.69, 9.17) is 4.74 Å². The van der Waals surface area contributed by atoms with Gasteiger partial charge in [0, 0.05) is 18.0 Å². The van der Waals surface area contributed by atoms with E-state index in [1.54, 1.807) is 12.1 Å². The van der Waals surface area contributed by atoms with E-state index >= 15 is 0 Å². The van der Waals surface area contributed by atoms with Crippen molar-refractivity contribution in [2.24, 2.45) is 5.10 Å². The third kappa shape index (κ3) is 4.47. The number of hydrogen-bond acceptors (Lipinski definition) is 5. The Morgan fingerprint density at radius 3 is 2.70 bits per heavy atom. The molecule has 0 saturated heterocycles. The lowest BCUT2D eigenvalue weighted by Crippen LogP contribution is -2.19. The predicted molar refractivity (Wildman–Crippen MR) is 112 cm³/mol. The Bertz CT molecular complexity index is 1190. The zero-order valence-corrected chi connectivity index (χ0v) is 15.8. The third-order valence-corrected chi connectivity index (χ3v) is 4.39. The molecule has 0 unspecified atom stereocenters. The molecule has 1 amide bonds. The second kappa shape index (κ2) is 8.91. The number of aromatic nitrogens is 2. The number of hydrogen-bond donors (Lipinski definition) is 1. The number of fused-ring (bicyclic) bond motifs is 1. The normalized spacial score (nSPS) is 11.0. The van der Waals surface area contributed by atoms with Crippen LogP contribution in [0.5, 0.6) is 5.75 Å². The number of carbonyl (C=O) groups excluding carboxylic acids is 1. The highest BCUT2D eigenvalue weighted by atomic mass is 19.1. The molecule has 0 spiro atoms. The molecule has 7 heteroatoms. The van der Waals surface area contributed by atoms with Gasteiger partial charge in [-0.05, 0) is 34.5 Å². The van der Waals surface area contributed by atoms with Crippen LogP contribution in [0.15, 0.2) is 84.4 Å². The van der Waals surface area contributed by atoms with Gasteiger partial charge in [-0.25, -0.2) is 14.8 Å². The predicted octanol–water partition coefficient (Wildman–Crippen LogP) is 4.11. The number of amides is 1. The highest BCUT2D eigenvalue weighted by Crippen LogP contribution is 2.27. The van der Waals surface area contributed by atoms with Gasteiger partial charge in [0.25, 0.3) is 5.91 Å². The van der Waals surface area contributed by atoms with Crippen molar-refractivity contribution < 1.29 is 13.9 Å². The molecule has 3 aromatic carbocycles. The molecule has 1 N–H and O–H groups in total. The molecular formula is C23H17FN4O2. The minimum Gasteiger partial charge on any atom is -0.488 e. The first-order valence-corrected chi connectivity index (χ1v) is 9.19. The van der Waals surface area contributed by atoms with Crippen LogP contribution in [0, 0.1) is 5.82 Å². The maximum atomic E-state index is 13.1. The van der Waals surface area contributed by atoms with Gasteiger partial charge in [-0.1, -0.05) is 42.5 Å². The van der Waals surface area contributed by atoms with Crippen molar-refractivity contribution >= 4 is 22.9 Å². The van der Waals surface area contributed by atoms with Crippen molar-refractivity contribution in [2.75, 3.05) is 0 Å². The summed E-state index contributed by atoms with van der Waals surface area (Å²) in [6.45, 7) is 0.269. The van der Waals surface area contributed by atoms with Gasteiger partial charge in [-0.2, -0.15) is 5.10 Å². The number of halogens is 1. The van der Waals surface area contributed by atoms with Crippen LogP contribution in [-0.2, 0) is 6.61 Å². The Hall–Kier alpha value is -4.13. The van der Waals surface area contributed by atoms with Crippen molar-refractivity contribution in [1.82, 2.24) is 15.4 Å². The Balaban J connectivity index is 1.58. The van der Waals surface area contributed by atoms with Crippen LogP contribution in [0.3, 0.4) is 0 Å². The molecule has 0 fully saturated rings. The summed E-state index contributed by atoms with van der Waals surface area (Å²) in [5.74, 6) is -0.167. The van der Waals surface area contributed by atoms with Gasteiger partial charge in [-0.15, -0.1) is 0 Å². The number of carbonyl (C=O) groups is 1. The van der Waals surface area contributed by atoms with Gasteiger partial charge in [0.1, 0.15) is 23.9 Å². The van der Waals surface area contributed by atoms with E-state index in [-0.39, 0.29) is 18.1 Å². The lowest BCUT2D eigenvalue weighted by atomic mass is 10.0. The first kappa shape index (κ1) is 19.2. The first-order chi connectivity index (χ1) is 14.7. The summed E-state index contributed by atoms with van der Waals surface area (Å²) in [5, 5.41) is 6.00. The quantitative estimate of drug-likeness (QED) is 0.390. The molecule has 0 aliphatic carbocycles. The zero-order chi connectivity index (χ0) is 20.8. The number of nitrogens with one attached hydrogen (secondary N) is 1. The highest BCUT2D eigenvalue weighted by molar-refractivity contribution is 6.03. The fraction of sp³-hybridized carbons (Fsp3) is 0.0435. The Labute approximate surface area is 172 Å². The van der Waals surface area contributed by atoms with E-state index in [0.29, 0.717) is 5.75 Å². The van der Waals surface area contributed by atoms with Gasteiger partial charge in [0.05, 0.1) is 12.4 Å². The van der Waals surface area contributed by atoms with E-state index in [1.165, 1.54) is 36.9 Å². The fourth-order valence-electron chi connectivity index (χ4n) is 2.91. The molecule has 0 aliphatic rings. The van der Waals surface area contributed by atoms with Gasteiger partial charge in [0.2, 0.25) is 0 Å². The fourth-order valence-corrected chi connectivity index (χ4v) is 2.91. The number of nitrogens with zero attached hydrogens (tertiary/aromatic N) is 3. The lowest BCUT2D eigenvalue weighted by molar-refractivity contribution is 0.0949. The minimum atomic E-state index is -0.464. The second-order valence-electron chi connectivity index (χ2n) is 6.40. The molecule has 1 heterocycles. The highest BCUT2D eigenvalue weighted by Gasteiger charge is 2.09. The van der Waals surface area contributed by atoms with Crippen LogP contribution in [-0.4, -0.2) is 22.1 Å². The number of rotatable bonds is 6. The maximum absolute atomic E-state index is 13.1. The van der Waals surface area contributed by atoms with E-state index in [1.807, 2.05) is 36.4 Å².